The minimum Gasteiger partial charge on any atom is -0.496 e. The Hall–Kier alpha value is -2.53. The van der Waals surface area contributed by atoms with Gasteiger partial charge < -0.3 is 14.5 Å². The van der Waals surface area contributed by atoms with Crippen molar-refractivity contribution in [2.24, 2.45) is 0 Å². The number of nitrogens with zero attached hydrogens (tertiary/aromatic N) is 3. The molecular weight excluding hydrogens is 338 g/mol. The number of anilines is 1. The highest BCUT2D eigenvalue weighted by molar-refractivity contribution is 5.78. The summed E-state index contributed by atoms with van der Waals surface area (Å²) in [6.07, 6.45) is 0. The zero-order chi connectivity index (χ0) is 19.2. The molecule has 0 saturated carbocycles. The van der Waals surface area contributed by atoms with Crippen LogP contribution in [0.25, 0.3) is 0 Å². The van der Waals surface area contributed by atoms with E-state index < -0.39 is 0 Å². The number of hydrogen-bond donors (Lipinski definition) is 0. The minimum absolute atomic E-state index is 0.192. The molecular formula is C22H29N3O2. The van der Waals surface area contributed by atoms with Crippen LogP contribution in [0.5, 0.6) is 5.75 Å². The standard InChI is InChI=1S/C22H29N3O2/c1-18-9-10-21(27-3)19(15-18)16-23(2)17-22(26)25-13-11-24(12-14-25)20-7-5-4-6-8-20/h4-10,15H,11-14,16-17H2,1-3H3. The zero-order valence-electron chi connectivity index (χ0n) is 16.5. The van der Waals surface area contributed by atoms with Gasteiger partial charge in [-0.3, -0.25) is 9.69 Å². The van der Waals surface area contributed by atoms with Crippen molar-refractivity contribution in [3.05, 3.63) is 59.7 Å². The average Bonchev–Trinajstić information content (AvgIpc) is 2.69. The summed E-state index contributed by atoms with van der Waals surface area (Å²) >= 11 is 0. The van der Waals surface area contributed by atoms with E-state index in [-0.39, 0.29) is 5.91 Å². The van der Waals surface area contributed by atoms with Gasteiger partial charge in [-0.2, -0.15) is 0 Å². The van der Waals surface area contributed by atoms with Crippen molar-refractivity contribution in [2.75, 3.05) is 51.8 Å². The van der Waals surface area contributed by atoms with E-state index in [4.69, 9.17) is 4.74 Å². The van der Waals surface area contributed by atoms with Gasteiger partial charge in [0.15, 0.2) is 0 Å². The second-order valence-electron chi connectivity index (χ2n) is 7.19. The third-order valence-corrected chi connectivity index (χ3v) is 5.04. The van der Waals surface area contributed by atoms with Gasteiger partial charge in [0.25, 0.3) is 0 Å². The van der Waals surface area contributed by atoms with E-state index >= 15 is 0 Å². The van der Waals surface area contributed by atoms with Gasteiger partial charge in [0.2, 0.25) is 5.91 Å². The van der Waals surface area contributed by atoms with Gasteiger partial charge >= 0.3 is 0 Å². The highest BCUT2D eigenvalue weighted by Gasteiger charge is 2.22. The van der Waals surface area contributed by atoms with Gasteiger partial charge in [-0.05, 0) is 32.2 Å². The number of likely N-dealkylation sites (N-methyl/N-ethyl adjacent to an activating group) is 1. The van der Waals surface area contributed by atoms with Crippen LogP contribution in [-0.4, -0.2) is 62.6 Å². The summed E-state index contributed by atoms with van der Waals surface area (Å²) in [7, 11) is 3.67. The fourth-order valence-corrected chi connectivity index (χ4v) is 3.56. The second kappa shape index (κ2) is 8.91. The Balaban J connectivity index is 1.51. The number of carbonyl (C=O) groups excluding carboxylic acids is 1. The van der Waals surface area contributed by atoms with Gasteiger partial charge in [-0.1, -0.05) is 35.9 Å². The fourth-order valence-electron chi connectivity index (χ4n) is 3.56. The molecule has 0 N–H and O–H groups in total. The van der Waals surface area contributed by atoms with Gasteiger partial charge in [0, 0.05) is 44.0 Å². The van der Waals surface area contributed by atoms with E-state index in [0.29, 0.717) is 13.1 Å². The third-order valence-electron chi connectivity index (χ3n) is 5.04. The maximum Gasteiger partial charge on any atom is 0.236 e. The monoisotopic (exact) mass is 367 g/mol. The Morgan fingerprint density at radius 3 is 2.44 bits per heavy atom. The van der Waals surface area contributed by atoms with E-state index in [1.54, 1.807) is 7.11 Å². The number of carbonyl (C=O) groups is 1. The third kappa shape index (κ3) is 5.01. The Labute approximate surface area is 162 Å². The van der Waals surface area contributed by atoms with Crippen molar-refractivity contribution in [3.63, 3.8) is 0 Å². The van der Waals surface area contributed by atoms with E-state index in [1.807, 2.05) is 30.1 Å². The quantitative estimate of drug-likeness (QED) is 0.787. The molecule has 0 unspecified atom stereocenters. The topological polar surface area (TPSA) is 36.0 Å². The molecule has 1 fully saturated rings. The highest BCUT2D eigenvalue weighted by atomic mass is 16.5. The fraction of sp³-hybridized carbons (Fsp3) is 0.409. The molecule has 0 aliphatic carbocycles. The summed E-state index contributed by atoms with van der Waals surface area (Å²) in [5.41, 5.74) is 3.54. The number of rotatable bonds is 6. The molecule has 1 amide bonds. The number of para-hydroxylation sites is 1. The minimum atomic E-state index is 0.192. The molecule has 5 heteroatoms. The predicted octanol–water partition coefficient (Wildman–Crippen LogP) is 2.78. The largest absolute Gasteiger partial charge is 0.496 e. The maximum atomic E-state index is 12.7. The number of piperazine rings is 1. The van der Waals surface area contributed by atoms with Crippen molar-refractivity contribution < 1.29 is 9.53 Å². The lowest BCUT2D eigenvalue weighted by Gasteiger charge is -2.36. The van der Waals surface area contributed by atoms with Gasteiger partial charge in [-0.15, -0.1) is 0 Å². The molecule has 1 aliphatic rings. The molecule has 0 aromatic heterocycles. The van der Waals surface area contributed by atoms with Crippen LogP contribution in [0.15, 0.2) is 48.5 Å². The molecule has 2 aromatic rings. The number of hydrogen-bond acceptors (Lipinski definition) is 4. The molecule has 5 nitrogen and oxygen atoms in total. The lowest BCUT2D eigenvalue weighted by atomic mass is 10.1. The number of benzene rings is 2. The Kier molecular flexibility index (Phi) is 6.35. The normalized spacial score (nSPS) is 14.5. The average molecular weight is 367 g/mol. The van der Waals surface area contributed by atoms with Crippen LogP contribution in [0, 0.1) is 6.92 Å². The Morgan fingerprint density at radius 1 is 1.07 bits per heavy atom. The Morgan fingerprint density at radius 2 is 1.78 bits per heavy atom. The van der Waals surface area contributed by atoms with Crippen molar-refractivity contribution in [3.8, 4) is 5.75 Å². The molecule has 27 heavy (non-hydrogen) atoms. The molecule has 1 heterocycles. The van der Waals surface area contributed by atoms with Gasteiger partial charge in [0.05, 0.1) is 13.7 Å². The van der Waals surface area contributed by atoms with Crippen LogP contribution in [0.1, 0.15) is 11.1 Å². The molecule has 1 aliphatic heterocycles. The van der Waals surface area contributed by atoms with Crippen LogP contribution in [0.2, 0.25) is 0 Å². The first-order chi connectivity index (χ1) is 13.1. The number of aryl methyl sites for hydroxylation is 1. The lowest BCUT2D eigenvalue weighted by molar-refractivity contribution is -0.132. The van der Waals surface area contributed by atoms with Crippen LogP contribution < -0.4 is 9.64 Å². The predicted molar refractivity (Wildman–Crippen MR) is 109 cm³/mol. The van der Waals surface area contributed by atoms with E-state index in [2.05, 4.69) is 47.1 Å². The molecule has 0 radical (unpaired) electrons. The lowest BCUT2D eigenvalue weighted by Crippen LogP contribution is -2.51. The number of methoxy groups -OCH3 is 1. The van der Waals surface area contributed by atoms with Crippen LogP contribution in [-0.2, 0) is 11.3 Å². The molecule has 0 atom stereocenters. The van der Waals surface area contributed by atoms with E-state index in [9.17, 15) is 4.79 Å². The summed E-state index contributed by atoms with van der Waals surface area (Å²) in [6.45, 7) is 6.49. The zero-order valence-corrected chi connectivity index (χ0v) is 16.5. The van der Waals surface area contributed by atoms with Crippen LogP contribution in [0.4, 0.5) is 5.69 Å². The van der Waals surface area contributed by atoms with Crippen LogP contribution >= 0.6 is 0 Å². The van der Waals surface area contributed by atoms with Gasteiger partial charge in [-0.25, -0.2) is 0 Å². The van der Waals surface area contributed by atoms with Crippen molar-refractivity contribution >= 4 is 11.6 Å². The molecule has 2 aromatic carbocycles. The van der Waals surface area contributed by atoms with Crippen molar-refractivity contribution in [2.45, 2.75) is 13.5 Å². The number of amides is 1. The van der Waals surface area contributed by atoms with E-state index in [1.165, 1.54) is 11.3 Å². The van der Waals surface area contributed by atoms with Crippen molar-refractivity contribution in [1.29, 1.82) is 0 Å². The summed E-state index contributed by atoms with van der Waals surface area (Å²) in [4.78, 5) is 19.1. The summed E-state index contributed by atoms with van der Waals surface area (Å²) in [5.74, 6) is 1.06. The van der Waals surface area contributed by atoms with Gasteiger partial charge in [0.1, 0.15) is 5.75 Å². The van der Waals surface area contributed by atoms with Crippen molar-refractivity contribution in [1.82, 2.24) is 9.80 Å². The Bertz CT molecular complexity index is 755. The molecule has 1 saturated heterocycles. The summed E-state index contributed by atoms with van der Waals surface area (Å²) < 4.78 is 5.45. The molecule has 0 spiro atoms. The van der Waals surface area contributed by atoms with Crippen LogP contribution in [0.3, 0.4) is 0 Å². The first-order valence-electron chi connectivity index (χ1n) is 9.46. The highest BCUT2D eigenvalue weighted by Crippen LogP contribution is 2.21. The SMILES string of the molecule is COc1ccc(C)cc1CN(C)CC(=O)N1CCN(c2ccccc2)CC1. The first-order valence-corrected chi connectivity index (χ1v) is 9.46. The summed E-state index contributed by atoms with van der Waals surface area (Å²) in [6, 6.07) is 16.5. The second-order valence-corrected chi connectivity index (χ2v) is 7.19. The molecule has 0 bridgehead atoms. The van der Waals surface area contributed by atoms with E-state index in [0.717, 1.165) is 37.5 Å². The summed E-state index contributed by atoms with van der Waals surface area (Å²) in [5, 5.41) is 0. The first kappa shape index (κ1) is 19.2. The maximum absolute atomic E-state index is 12.7. The molecule has 144 valence electrons. The molecule has 3 rings (SSSR count). The number of ether oxygens (including phenoxy) is 1. The smallest absolute Gasteiger partial charge is 0.236 e.